The second-order valence-electron chi connectivity index (χ2n) is 3.87. The summed E-state index contributed by atoms with van der Waals surface area (Å²) < 4.78 is 0. The second-order valence-corrected chi connectivity index (χ2v) is 3.87. The smallest absolute Gasteiger partial charge is 0.254 e. The number of carbonyl (C=O) groups is 2. The molecule has 2 rings (SSSR count). The third-order valence-corrected chi connectivity index (χ3v) is 2.89. The largest absolute Gasteiger partial charge is 0.289 e. The molecule has 1 saturated carbocycles. The van der Waals surface area contributed by atoms with Crippen LogP contribution in [0, 0.1) is 5.92 Å². The number of nitrogens with one attached hydrogen (secondary N) is 1. The van der Waals surface area contributed by atoms with Crippen molar-refractivity contribution in [2.75, 3.05) is 0 Å². The number of hydrogen-bond donors (Lipinski definition) is 1. The van der Waals surface area contributed by atoms with Crippen molar-refractivity contribution in [3.05, 3.63) is 23.8 Å². The molecule has 2 aliphatic rings. The molecule has 0 aromatic carbocycles. The van der Waals surface area contributed by atoms with Gasteiger partial charge in [0.2, 0.25) is 0 Å². The Morgan fingerprint density at radius 1 is 1.36 bits per heavy atom. The van der Waals surface area contributed by atoms with Crippen molar-refractivity contribution in [1.29, 1.82) is 0 Å². The zero-order valence-electron chi connectivity index (χ0n) is 8.01. The van der Waals surface area contributed by atoms with Gasteiger partial charge in [0.15, 0.2) is 0 Å². The van der Waals surface area contributed by atoms with E-state index in [1.54, 1.807) is 0 Å². The summed E-state index contributed by atoms with van der Waals surface area (Å²) in [7, 11) is 0. The zero-order valence-corrected chi connectivity index (χ0v) is 8.01. The fraction of sp³-hybridized carbons (Fsp3) is 0.455. The van der Waals surface area contributed by atoms with E-state index in [1.165, 1.54) is 6.08 Å². The standard InChI is InChI=1S/C11H13NO2/c1-7-4-2-3-5-8(7)9-6-10(13)12-11(9)14/h6,8H,1-5H2,(H,12,13,14). The number of imide groups is 1. The van der Waals surface area contributed by atoms with Gasteiger partial charge < -0.3 is 0 Å². The van der Waals surface area contributed by atoms with Gasteiger partial charge in [-0.1, -0.05) is 18.6 Å². The molecule has 0 bridgehead atoms. The molecule has 1 atom stereocenters. The highest BCUT2D eigenvalue weighted by Gasteiger charge is 2.30. The third-order valence-electron chi connectivity index (χ3n) is 2.89. The van der Waals surface area contributed by atoms with Gasteiger partial charge in [-0.3, -0.25) is 14.9 Å². The minimum absolute atomic E-state index is 0.107. The van der Waals surface area contributed by atoms with Gasteiger partial charge in [0.25, 0.3) is 11.8 Å². The van der Waals surface area contributed by atoms with Crippen LogP contribution in [0.3, 0.4) is 0 Å². The number of rotatable bonds is 1. The van der Waals surface area contributed by atoms with Gasteiger partial charge in [-0.2, -0.15) is 0 Å². The molecule has 14 heavy (non-hydrogen) atoms. The summed E-state index contributed by atoms with van der Waals surface area (Å²) >= 11 is 0. The molecule has 1 aliphatic heterocycles. The lowest BCUT2D eigenvalue weighted by Gasteiger charge is -2.24. The molecule has 1 fully saturated rings. The summed E-state index contributed by atoms with van der Waals surface area (Å²) in [5.74, 6) is -0.415. The minimum Gasteiger partial charge on any atom is -0.289 e. The van der Waals surface area contributed by atoms with E-state index < -0.39 is 0 Å². The molecule has 1 unspecified atom stereocenters. The highest BCUT2D eigenvalue weighted by Crippen LogP contribution is 2.34. The summed E-state index contributed by atoms with van der Waals surface area (Å²) in [6, 6.07) is 0. The van der Waals surface area contributed by atoms with Crippen LogP contribution in [0.25, 0.3) is 0 Å². The van der Waals surface area contributed by atoms with E-state index >= 15 is 0 Å². The SMILES string of the molecule is C=C1CCCCC1C1=CC(=O)NC1=O. The predicted octanol–water partition coefficient (Wildman–Crippen LogP) is 1.32. The average Bonchev–Trinajstić information content (AvgIpc) is 2.46. The topological polar surface area (TPSA) is 46.2 Å². The summed E-state index contributed by atoms with van der Waals surface area (Å²) in [6.45, 7) is 3.97. The Balaban J connectivity index is 2.21. The van der Waals surface area contributed by atoms with Crippen LogP contribution in [0.15, 0.2) is 23.8 Å². The summed E-state index contributed by atoms with van der Waals surface area (Å²) in [5, 5.41) is 2.27. The first kappa shape index (κ1) is 9.19. The van der Waals surface area contributed by atoms with Crippen LogP contribution in [-0.4, -0.2) is 11.8 Å². The third kappa shape index (κ3) is 1.50. The minimum atomic E-state index is -0.289. The van der Waals surface area contributed by atoms with Gasteiger partial charge in [-0.25, -0.2) is 0 Å². The molecule has 2 amide bonds. The summed E-state index contributed by atoms with van der Waals surface area (Å²) in [6.07, 6.45) is 5.61. The molecule has 0 saturated heterocycles. The van der Waals surface area contributed by atoms with Crippen LogP contribution >= 0.6 is 0 Å². The molecule has 3 nitrogen and oxygen atoms in total. The number of allylic oxidation sites excluding steroid dienone is 1. The van der Waals surface area contributed by atoms with Crippen molar-refractivity contribution in [2.24, 2.45) is 5.92 Å². The number of carbonyl (C=O) groups excluding carboxylic acids is 2. The Bertz CT molecular complexity index is 341. The molecule has 0 spiro atoms. The number of amides is 2. The Morgan fingerprint density at radius 2 is 2.14 bits per heavy atom. The van der Waals surface area contributed by atoms with Crippen molar-refractivity contribution in [3.63, 3.8) is 0 Å². The molecule has 74 valence electrons. The van der Waals surface area contributed by atoms with Crippen molar-refractivity contribution < 1.29 is 9.59 Å². The van der Waals surface area contributed by atoms with E-state index in [1.807, 2.05) is 0 Å². The quantitative estimate of drug-likeness (QED) is 0.502. The van der Waals surface area contributed by atoms with Crippen LogP contribution < -0.4 is 5.32 Å². The van der Waals surface area contributed by atoms with Crippen LogP contribution in [0.4, 0.5) is 0 Å². The lowest BCUT2D eigenvalue weighted by atomic mass is 9.80. The van der Waals surface area contributed by atoms with Crippen molar-refractivity contribution in [1.82, 2.24) is 5.32 Å². The lowest BCUT2D eigenvalue weighted by Crippen LogP contribution is -2.25. The molecular weight excluding hydrogens is 178 g/mol. The summed E-state index contributed by atoms with van der Waals surface area (Å²) in [4.78, 5) is 22.4. The molecule has 0 aromatic heterocycles. The maximum Gasteiger partial charge on any atom is 0.254 e. The van der Waals surface area contributed by atoms with Gasteiger partial charge in [0.1, 0.15) is 0 Å². The van der Waals surface area contributed by atoms with Crippen molar-refractivity contribution in [3.8, 4) is 0 Å². The van der Waals surface area contributed by atoms with Gasteiger partial charge in [0, 0.05) is 17.6 Å². The average molecular weight is 191 g/mol. The van der Waals surface area contributed by atoms with Crippen LogP contribution in [0.1, 0.15) is 25.7 Å². The predicted molar refractivity (Wildman–Crippen MR) is 52.3 cm³/mol. The van der Waals surface area contributed by atoms with Crippen LogP contribution in [0.5, 0.6) is 0 Å². The van der Waals surface area contributed by atoms with E-state index in [0.29, 0.717) is 5.57 Å². The van der Waals surface area contributed by atoms with Gasteiger partial charge in [-0.05, 0) is 19.3 Å². The maximum atomic E-state index is 11.4. The van der Waals surface area contributed by atoms with Crippen LogP contribution in [-0.2, 0) is 9.59 Å². The van der Waals surface area contributed by atoms with E-state index in [4.69, 9.17) is 0 Å². The first-order chi connectivity index (χ1) is 6.68. The van der Waals surface area contributed by atoms with Crippen LogP contribution in [0.2, 0.25) is 0 Å². The Morgan fingerprint density at radius 3 is 2.71 bits per heavy atom. The second kappa shape index (κ2) is 3.40. The Hall–Kier alpha value is -1.38. The normalized spacial score (nSPS) is 27.6. The van der Waals surface area contributed by atoms with E-state index in [0.717, 1.165) is 31.3 Å². The molecule has 1 aliphatic carbocycles. The van der Waals surface area contributed by atoms with Crippen molar-refractivity contribution >= 4 is 11.8 Å². The van der Waals surface area contributed by atoms with E-state index in [-0.39, 0.29) is 17.7 Å². The fourth-order valence-corrected chi connectivity index (χ4v) is 2.14. The fourth-order valence-electron chi connectivity index (χ4n) is 2.14. The Kier molecular flexibility index (Phi) is 2.23. The van der Waals surface area contributed by atoms with E-state index in [9.17, 15) is 9.59 Å². The molecule has 3 heteroatoms. The van der Waals surface area contributed by atoms with Gasteiger partial charge in [0.05, 0.1) is 0 Å². The Labute approximate surface area is 82.9 Å². The summed E-state index contributed by atoms with van der Waals surface area (Å²) in [5.41, 5.74) is 1.70. The maximum absolute atomic E-state index is 11.4. The van der Waals surface area contributed by atoms with Gasteiger partial charge >= 0.3 is 0 Å². The molecule has 1 N–H and O–H groups in total. The lowest BCUT2D eigenvalue weighted by molar-refractivity contribution is -0.124. The monoisotopic (exact) mass is 191 g/mol. The zero-order chi connectivity index (χ0) is 10.1. The number of hydrogen-bond acceptors (Lipinski definition) is 2. The molecule has 0 aromatic rings. The molecular formula is C11H13NO2. The van der Waals surface area contributed by atoms with Crippen molar-refractivity contribution in [2.45, 2.75) is 25.7 Å². The van der Waals surface area contributed by atoms with Gasteiger partial charge in [-0.15, -0.1) is 0 Å². The molecule has 1 heterocycles. The highest BCUT2D eigenvalue weighted by atomic mass is 16.2. The van der Waals surface area contributed by atoms with E-state index in [2.05, 4.69) is 11.9 Å². The first-order valence-corrected chi connectivity index (χ1v) is 4.93. The first-order valence-electron chi connectivity index (χ1n) is 4.93. The highest BCUT2D eigenvalue weighted by molar-refractivity contribution is 6.16. The molecule has 0 radical (unpaired) electrons.